The van der Waals surface area contributed by atoms with Crippen LogP contribution in [0.15, 0.2) is 47.8 Å². The van der Waals surface area contributed by atoms with E-state index in [0.29, 0.717) is 11.8 Å². The lowest BCUT2D eigenvalue weighted by Crippen LogP contribution is -2.38. The number of rotatable bonds is 4. The van der Waals surface area contributed by atoms with Crippen molar-refractivity contribution in [1.82, 2.24) is 0 Å². The molecule has 1 N–H and O–H groups in total. The van der Waals surface area contributed by atoms with Crippen LogP contribution in [0.2, 0.25) is 19.1 Å². The van der Waals surface area contributed by atoms with Crippen LogP contribution in [0.1, 0.15) is 25.3 Å². The summed E-state index contributed by atoms with van der Waals surface area (Å²) in [7, 11) is -1.62. The Labute approximate surface area is 140 Å². The summed E-state index contributed by atoms with van der Waals surface area (Å²) >= 11 is 0. The van der Waals surface area contributed by atoms with E-state index in [1.165, 1.54) is 16.8 Å². The van der Waals surface area contributed by atoms with Gasteiger partial charge in [-0.05, 0) is 55.9 Å². The zero-order valence-corrected chi connectivity index (χ0v) is 15.7. The number of nitrogens with one attached hydrogen (secondary N) is 1. The number of hydrogen-bond donors (Lipinski definition) is 1. The van der Waals surface area contributed by atoms with Gasteiger partial charge in [-0.3, -0.25) is 0 Å². The fraction of sp³-hybridized carbons (Fsp3) is 0.500. The van der Waals surface area contributed by atoms with Crippen LogP contribution in [0.3, 0.4) is 0 Å². The maximum Gasteiger partial charge on any atom is 0.151 e. The normalized spacial score (nSPS) is 27.3. The predicted molar refractivity (Wildman–Crippen MR) is 99.7 cm³/mol. The predicted octanol–water partition coefficient (Wildman–Crippen LogP) is 6.07. The van der Waals surface area contributed by atoms with Crippen LogP contribution in [0, 0.1) is 24.7 Å². The van der Waals surface area contributed by atoms with Gasteiger partial charge in [0, 0.05) is 11.6 Å². The molecule has 2 aliphatic rings. The molecule has 0 amide bonds. The lowest BCUT2D eigenvalue weighted by Gasteiger charge is -2.32. The van der Waals surface area contributed by atoms with Crippen LogP contribution in [-0.4, -0.2) is 8.24 Å². The molecule has 1 nitrogen and oxygen atoms in total. The molecule has 2 unspecified atom stereocenters. The second-order valence-electron chi connectivity index (χ2n) is 8.13. The average molecular weight is 330 g/mol. The molecule has 1 fully saturated rings. The third-order valence-electron chi connectivity index (χ3n) is 5.27. The summed E-state index contributed by atoms with van der Waals surface area (Å²) < 4.78 is 14.1. The van der Waals surface area contributed by atoms with E-state index in [0.717, 1.165) is 18.9 Å². The third-order valence-corrected chi connectivity index (χ3v) is 7.52. The Bertz CT molecular complexity index is 630. The molecule has 124 valence electrons. The van der Waals surface area contributed by atoms with Gasteiger partial charge in [0.2, 0.25) is 0 Å². The van der Waals surface area contributed by atoms with Crippen molar-refractivity contribution in [3.63, 3.8) is 0 Å². The lowest BCUT2D eigenvalue weighted by molar-refractivity contribution is 0.399. The monoisotopic (exact) mass is 329 g/mol. The van der Waals surface area contributed by atoms with Gasteiger partial charge in [0.15, 0.2) is 8.24 Å². The van der Waals surface area contributed by atoms with Crippen molar-refractivity contribution >= 4 is 13.9 Å². The SMILES string of the molecule is Cc1ccc(N[Si](C)(C)CC2=CC=C(F)C3C[C@H](C)CC23)cc1. The zero-order chi connectivity index (χ0) is 16.6. The van der Waals surface area contributed by atoms with Crippen molar-refractivity contribution in [1.29, 1.82) is 0 Å². The summed E-state index contributed by atoms with van der Waals surface area (Å²) in [5, 5.41) is 0. The minimum Gasteiger partial charge on any atom is -0.410 e. The summed E-state index contributed by atoms with van der Waals surface area (Å²) in [5.41, 5.74) is 3.96. The maximum absolute atomic E-state index is 14.1. The van der Waals surface area contributed by atoms with E-state index in [4.69, 9.17) is 0 Å². The van der Waals surface area contributed by atoms with Crippen molar-refractivity contribution in [3.05, 3.63) is 53.4 Å². The molecule has 0 radical (unpaired) electrons. The quantitative estimate of drug-likeness (QED) is 0.661. The number of fused-ring (bicyclic) bond motifs is 1. The second-order valence-corrected chi connectivity index (χ2v) is 12.5. The number of benzene rings is 1. The fourth-order valence-corrected chi connectivity index (χ4v) is 6.65. The molecular weight excluding hydrogens is 301 g/mol. The Balaban J connectivity index is 1.73. The fourth-order valence-electron chi connectivity index (χ4n) is 4.21. The minimum atomic E-state index is -1.62. The Morgan fingerprint density at radius 3 is 2.43 bits per heavy atom. The number of aryl methyl sites for hydroxylation is 1. The first kappa shape index (κ1) is 16.5. The smallest absolute Gasteiger partial charge is 0.151 e. The average Bonchev–Trinajstić information content (AvgIpc) is 2.87. The number of halogens is 1. The van der Waals surface area contributed by atoms with Gasteiger partial charge in [-0.1, -0.05) is 49.4 Å². The minimum absolute atomic E-state index is 0.106. The van der Waals surface area contributed by atoms with Crippen molar-refractivity contribution in [2.75, 3.05) is 4.98 Å². The third kappa shape index (κ3) is 3.77. The van der Waals surface area contributed by atoms with Crippen molar-refractivity contribution in [2.24, 2.45) is 17.8 Å². The van der Waals surface area contributed by atoms with Gasteiger partial charge in [-0.15, -0.1) is 0 Å². The summed E-state index contributed by atoms with van der Waals surface area (Å²) in [4.78, 5) is 3.78. The first-order valence-corrected chi connectivity index (χ1v) is 12.0. The maximum atomic E-state index is 14.1. The van der Waals surface area contributed by atoms with E-state index in [1.54, 1.807) is 6.08 Å². The molecular formula is C20H28FNSi. The van der Waals surface area contributed by atoms with Gasteiger partial charge >= 0.3 is 0 Å². The largest absolute Gasteiger partial charge is 0.410 e. The van der Waals surface area contributed by atoms with Crippen LogP contribution < -0.4 is 4.98 Å². The van der Waals surface area contributed by atoms with Crippen molar-refractivity contribution in [3.8, 4) is 0 Å². The topological polar surface area (TPSA) is 12.0 Å². The van der Waals surface area contributed by atoms with Gasteiger partial charge in [-0.25, -0.2) is 4.39 Å². The second kappa shape index (κ2) is 6.27. The Morgan fingerprint density at radius 1 is 1.09 bits per heavy atom. The summed E-state index contributed by atoms with van der Waals surface area (Å²) in [6, 6.07) is 9.73. The summed E-state index contributed by atoms with van der Waals surface area (Å²) in [5.74, 6) is 1.32. The molecule has 0 spiro atoms. The lowest BCUT2D eigenvalue weighted by atomic mass is 9.85. The molecule has 1 aromatic rings. The van der Waals surface area contributed by atoms with Gasteiger partial charge in [0.25, 0.3) is 0 Å². The van der Waals surface area contributed by atoms with Gasteiger partial charge < -0.3 is 4.98 Å². The molecule has 0 saturated heterocycles. The number of hydrogen-bond acceptors (Lipinski definition) is 1. The van der Waals surface area contributed by atoms with Gasteiger partial charge in [0.05, 0.1) is 0 Å². The molecule has 3 heteroatoms. The van der Waals surface area contributed by atoms with Crippen LogP contribution in [-0.2, 0) is 0 Å². The van der Waals surface area contributed by atoms with E-state index in [2.05, 4.69) is 62.3 Å². The van der Waals surface area contributed by atoms with Gasteiger partial charge in [-0.2, -0.15) is 0 Å². The molecule has 0 aliphatic heterocycles. The van der Waals surface area contributed by atoms with Crippen LogP contribution in [0.25, 0.3) is 0 Å². The molecule has 1 aromatic carbocycles. The highest BCUT2D eigenvalue weighted by molar-refractivity contribution is 6.80. The zero-order valence-electron chi connectivity index (χ0n) is 14.7. The molecule has 1 saturated carbocycles. The first-order chi connectivity index (χ1) is 10.8. The van der Waals surface area contributed by atoms with Crippen LogP contribution in [0.5, 0.6) is 0 Å². The highest BCUT2D eigenvalue weighted by Crippen LogP contribution is 2.48. The Kier molecular flexibility index (Phi) is 4.50. The first-order valence-electron chi connectivity index (χ1n) is 8.75. The number of allylic oxidation sites excluding steroid dienone is 4. The Morgan fingerprint density at radius 2 is 1.74 bits per heavy atom. The molecule has 0 bridgehead atoms. The van der Waals surface area contributed by atoms with Crippen molar-refractivity contribution in [2.45, 2.75) is 45.8 Å². The molecule has 0 heterocycles. The van der Waals surface area contributed by atoms with E-state index < -0.39 is 8.24 Å². The molecule has 3 rings (SSSR count). The molecule has 23 heavy (non-hydrogen) atoms. The van der Waals surface area contributed by atoms with E-state index in [-0.39, 0.29) is 11.7 Å². The highest BCUT2D eigenvalue weighted by atomic mass is 28.3. The van der Waals surface area contributed by atoms with Crippen molar-refractivity contribution < 1.29 is 4.39 Å². The van der Waals surface area contributed by atoms with Crippen LogP contribution in [0.4, 0.5) is 10.1 Å². The number of anilines is 1. The van der Waals surface area contributed by atoms with E-state index in [9.17, 15) is 4.39 Å². The van der Waals surface area contributed by atoms with E-state index in [1.807, 2.05) is 0 Å². The Hall–Kier alpha value is -1.35. The molecule has 0 aromatic heterocycles. The van der Waals surface area contributed by atoms with E-state index >= 15 is 0 Å². The standard InChI is InChI=1S/C20H28FNSi/c1-14-5-8-17(9-6-14)22-23(3,4)13-16-7-10-20(21)19-12-15(2)11-18(16)19/h5-10,15,18-19,22H,11-13H2,1-4H3/t15-,18?,19?/m1/s1. The summed E-state index contributed by atoms with van der Waals surface area (Å²) in [6.07, 6.45) is 5.95. The van der Waals surface area contributed by atoms with Gasteiger partial charge in [0.1, 0.15) is 5.83 Å². The molecule has 2 aliphatic carbocycles. The molecule has 3 atom stereocenters. The van der Waals surface area contributed by atoms with Crippen LogP contribution >= 0.6 is 0 Å². The highest BCUT2D eigenvalue weighted by Gasteiger charge is 2.40. The summed E-state index contributed by atoms with van der Waals surface area (Å²) in [6.45, 7) is 9.11.